The number of carbonyl (C=O) groups is 1. The molecule has 1 aliphatic rings. The van der Waals surface area contributed by atoms with Gasteiger partial charge >= 0.3 is 0 Å². The van der Waals surface area contributed by atoms with Crippen LogP contribution >= 0.6 is 11.6 Å². The van der Waals surface area contributed by atoms with Crippen LogP contribution in [0.1, 0.15) is 23.2 Å². The van der Waals surface area contributed by atoms with Gasteiger partial charge < -0.3 is 4.98 Å². The zero-order chi connectivity index (χ0) is 11.9. The second-order valence-corrected chi connectivity index (χ2v) is 4.63. The van der Waals surface area contributed by atoms with E-state index in [1.54, 1.807) is 4.90 Å². The SMILES string of the molecule is Cc1[nH]c(N2CC(Cl)CC2=O)c(C#N)c1C. The summed E-state index contributed by atoms with van der Waals surface area (Å²) in [4.78, 5) is 16.3. The molecule has 0 spiro atoms. The number of amides is 1. The molecule has 1 amide bonds. The number of H-pyrrole nitrogens is 1. The van der Waals surface area contributed by atoms with E-state index in [9.17, 15) is 4.79 Å². The van der Waals surface area contributed by atoms with E-state index in [0.29, 0.717) is 24.3 Å². The van der Waals surface area contributed by atoms with E-state index >= 15 is 0 Å². The second kappa shape index (κ2) is 3.84. The minimum atomic E-state index is -0.164. The third-order valence-electron chi connectivity index (χ3n) is 2.94. The molecule has 2 heterocycles. The second-order valence-electron chi connectivity index (χ2n) is 4.02. The molecule has 1 unspecified atom stereocenters. The molecular formula is C11H12ClN3O. The first-order valence-corrected chi connectivity index (χ1v) is 5.52. The fraction of sp³-hybridized carbons (Fsp3) is 0.455. The number of aromatic amines is 1. The number of aryl methyl sites for hydroxylation is 1. The molecule has 16 heavy (non-hydrogen) atoms. The molecule has 4 nitrogen and oxygen atoms in total. The first-order valence-electron chi connectivity index (χ1n) is 5.08. The molecule has 1 aliphatic heterocycles. The molecule has 0 bridgehead atoms. The number of nitrogens with one attached hydrogen (secondary N) is 1. The highest BCUT2D eigenvalue weighted by atomic mass is 35.5. The molecule has 1 fully saturated rings. The summed E-state index contributed by atoms with van der Waals surface area (Å²) < 4.78 is 0. The minimum Gasteiger partial charge on any atom is -0.344 e. The number of anilines is 1. The molecule has 1 saturated heterocycles. The molecule has 1 aromatic heterocycles. The number of hydrogen-bond acceptors (Lipinski definition) is 2. The van der Waals surface area contributed by atoms with Crippen molar-refractivity contribution in [2.24, 2.45) is 0 Å². The van der Waals surface area contributed by atoms with E-state index in [1.807, 2.05) is 13.8 Å². The summed E-state index contributed by atoms with van der Waals surface area (Å²) in [5.74, 6) is 0.559. The van der Waals surface area contributed by atoms with E-state index in [0.717, 1.165) is 11.3 Å². The van der Waals surface area contributed by atoms with Gasteiger partial charge in [-0.25, -0.2) is 0 Å². The van der Waals surface area contributed by atoms with E-state index in [4.69, 9.17) is 16.9 Å². The topological polar surface area (TPSA) is 59.9 Å². The summed E-state index contributed by atoms with van der Waals surface area (Å²) in [5.41, 5.74) is 2.34. The Morgan fingerprint density at radius 2 is 2.25 bits per heavy atom. The molecule has 1 aromatic rings. The lowest BCUT2D eigenvalue weighted by atomic mass is 10.2. The lowest BCUT2D eigenvalue weighted by Gasteiger charge is -2.14. The first-order chi connectivity index (χ1) is 7.54. The molecule has 1 N–H and O–H groups in total. The number of nitrogens with zero attached hydrogens (tertiary/aromatic N) is 2. The van der Waals surface area contributed by atoms with Gasteiger partial charge in [0.15, 0.2) is 0 Å². The number of alkyl halides is 1. The van der Waals surface area contributed by atoms with Crippen LogP contribution in [0.4, 0.5) is 5.82 Å². The van der Waals surface area contributed by atoms with E-state index in [2.05, 4.69) is 11.1 Å². The Morgan fingerprint density at radius 3 is 2.75 bits per heavy atom. The van der Waals surface area contributed by atoms with Crippen LogP contribution in [0.15, 0.2) is 0 Å². The van der Waals surface area contributed by atoms with Gasteiger partial charge in [0.1, 0.15) is 11.9 Å². The molecule has 0 aliphatic carbocycles. The van der Waals surface area contributed by atoms with Gasteiger partial charge in [0.05, 0.1) is 10.9 Å². The third-order valence-corrected chi connectivity index (χ3v) is 3.23. The van der Waals surface area contributed by atoms with Gasteiger partial charge in [-0.05, 0) is 19.4 Å². The van der Waals surface area contributed by atoms with Crippen molar-refractivity contribution in [3.05, 3.63) is 16.8 Å². The van der Waals surface area contributed by atoms with Crippen molar-refractivity contribution >= 4 is 23.3 Å². The van der Waals surface area contributed by atoms with Gasteiger partial charge in [-0.15, -0.1) is 11.6 Å². The zero-order valence-electron chi connectivity index (χ0n) is 9.17. The number of carbonyl (C=O) groups excluding carboxylic acids is 1. The molecule has 1 atom stereocenters. The average Bonchev–Trinajstić information content (AvgIpc) is 2.69. The summed E-state index contributed by atoms with van der Waals surface area (Å²) in [6, 6.07) is 2.13. The van der Waals surface area contributed by atoms with Crippen molar-refractivity contribution in [2.45, 2.75) is 25.6 Å². The van der Waals surface area contributed by atoms with Crippen molar-refractivity contribution in [1.82, 2.24) is 4.98 Å². The molecule has 0 saturated carbocycles. The van der Waals surface area contributed by atoms with Gasteiger partial charge in [0.25, 0.3) is 0 Å². The first kappa shape index (κ1) is 11.0. The van der Waals surface area contributed by atoms with E-state index in [1.165, 1.54) is 0 Å². The largest absolute Gasteiger partial charge is 0.344 e. The van der Waals surface area contributed by atoms with Crippen LogP contribution in [-0.4, -0.2) is 22.8 Å². The van der Waals surface area contributed by atoms with Gasteiger partial charge in [-0.3, -0.25) is 9.69 Å². The monoisotopic (exact) mass is 237 g/mol. The summed E-state index contributed by atoms with van der Waals surface area (Å²) in [5, 5.41) is 8.92. The van der Waals surface area contributed by atoms with Gasteiger partial charge in [0.2, 0.25) is 5.91 Å². The fourth-order valence-electron chi connectivity index (χ4n) is 1.92. The van der Waals surface area contributed by atoms with Crippen LogP contribution in [0.2, 0.25) is 0 Å². The number of nitriles is 1. The van der Waals surface area contributed by atoms with Gasteiger partial charge in [-0.2, -0.15) is 5.26 Å². The molecular weight excluding hydrogens is 226 g/mol. The van der Waals surface area contributed by atoms with Crippen molar-refractivity contribution in [3.63, 3.8) is 0 Å². The minimum absolute atomic E-state index is 0.0299. The highest BCUT2D eigenvalue weighted by molar-refractivity contribution is 6.24. The lowest BCUT2D eigenvalue weighted by molar-refractivity contribution is -0.117. The van der Waals surface area contributed by atoms with Gasteiger partial charge in [0, 0.05) is 18.7 Å². The normalized spacial score (nSPS) is 20.2. The molecule has 0 radical (unpaired) electrons. The Hall–Kier alpha value is -1.47. The smallest absolute Gasteiger partial charge is 0.229 e. The van der Waals surface area contributed by atoms with Crippen LogP contribution < -0.4 is 4.90 Å². The van der Waals surface area contributed by atoms with Crippen molar-refractivity contribution in [2.75, 3.05) is 11.4 Å². The summed E-state index contributed by atoms with van der Waals surface area (Å²) in [7, 11) is 0. The highest BCUT2D eigenvalue weighted by Crippen LogP contribution is 2.29. The molecule has 0 aromatic carbocycles. The quantitative estimate of drug-likeness (QED) is 0.758. The Balaban J connectivity index is 2.46. The lowest BCUT2D eigenvalue weighted by Crippen LogP contribution is -2.25. The maximum absolute atomic E-state index is 11.7. The Bertz CT molecular complexity index is 486. The number of halogens is 1. The maximum atomic E-state index is 11.7. The Labute approximate surface area is 98.8 Å². The molecule has 5 heteroatoms. The Morgan fingerprint density at radius 1 is 1.56 bits per heavy atom. The number of hydrogen-bond donors (Lipinski definition) is 1. The maximum Gasteiger partial charge on any atom is 0.229 e. The predicted molar refractivity (Wildman–Crippen MR) is 61.6 cm³/mol. The number of aromatic nitrogens is 1. The Kier molecular flexibility index (Phi) is 2.64. The predicted octanol–water partition coefficient (Wildman–Crippen LogP) is 1.85. The fourth-order valence-corrected chi connectivity index (χ4v) is 2.19. The standard InChI is InChI=1S/C11H12ClN3O/c1-6-7(2)14-11(9(6)4-13)15-5-8(12)3-10(15)16/h8,14H,3,5H2,1-2H3. The van der Waals surface area contributed by atoms with Crippen molar-refractivity contribution in [1.29, 1.82) is 5.26 Å². The summed E-state index contributed by atoms with van der Waals surface area (Å²) >= 11 is 5.93. The van der Waals surface area contributed by atoms with Crippen LogP contribution in [0.3, 0.4) is 0 Å². The van der Waals surface area contributed by atoms with E-state index < -0.39 is 0 Å². The average molecular weight is 238 g/mol. The number of rotatable bonds is 1. The van der Waals surface area contributed by atoms with Crippen LogP contribution in [0.25, 0.3) is 0 Å². The van der Waals surface area contributed by atoms with Crippen molar-refractivity contribution in [3.8, 4) is 6.07 Å². The third kappa shape index (κ3) is 1.57. The zero-order valence-corrected chi connectivity index (χ0v) is 9.93. The highest BCUT2D eigenvalue weighted by Gasteiger charge is 2.32. The summed E-state index contributed by atoms with van der Waals surface area (Å²) in [6.45, 7) is 4.22. The van der Waals surface area contributed by atoms with E-state index in [-0.39, 0.29) is 11.3 Å². The molecule has 84 valence electrons. The molecule has 2 rings (SSSR count). The van der Waals surface area contributed by atoms with Crippen LogP contribution in [-0.2, 0) is 4.79 Å². The van der Waals surface area contributed by atoms with Crippen molar-refractivity contribution < 1.29 is 4.79 Å². The van der Waals surface area contributed by atoms with Gasteiger partial charge in [-0.1, -0.05) is 0 Å². The summed E-state index contributed by atoms with van der Waals surface area (Å²) in [6.07, 6.45) is 0.337. The van der Waals surface area contributed by atoms with Crippen LogP contribution in [0.5, 0.6) is 0 Å². The van der Waals surface area contributed by atoms with Crippen LogP contribution in [0, 0.1) is 25.2 Å².